The van der Waals surface area contributed by atoms with E-state index in [4.69, 9.17) is 23.8 Å². The van der Waals surface area contributed by atoms with Gasteiger partial charge in [0.25, 0.3) is 0 Å². The lowest BCUT2D eigenvalue weighted by molar-refractivity contribution is 0.0997. The van der Waals surface area contributed by atoms with Crippen molar-refractivity contribution in [2.24, 2.45) is 11.3 Å². The number of hydrogen-bond acceptors (Lipinski definition) is 2. The van der Waals surface area contributed by atoms with Gasteiger partial charge in [0.1, 0.15) is 5.66 Å². The molecule has 0 aromatic heterocycles. The number of hydrazine groups is 1. The van der Waals surface area contributed by atoms with Crippen molar-refractivity contribution in [3.05, 3.63) is 29.3 Å². The summed E-state index contributed by atoms with van der Waals surface area (Å²) in [5, 5.41) is 7.01. The highest BCUT2D eigenvalue weighted by molar-refractivity contribution is 7.80. The van der Waals surface area contributed by atoms with E-state index in [1.165, 1.54) is 19.3 Å². The first-order valence-electron chi connectivity index (χ1n) is 8.51. The summed E-state index contributed by atoms with van der Waals surface area (Å²) >= 11 is 11.5. The van der Waals surface area contributed by atoms with Gasteiger partial charge in [0.05, 0.1) is 5.69 Å². The number of nitrogens with zero attached hydrogens (tertiary/aromatic N) is 1. The lowest BCUT2D eigenvalue weighted by atomic mass is 9.67. The summed E-state index contributed by atoms with van der Waals surface area (Å²) in [7, 11) is 0. The maximum absolute atomic E-state index is 5.98. The fourth-order valence-corrected chi connectivity index (χ4v) is 4.22. The molecular formula is C18H26ClN3S. The Hall–Kier alpha value is -0.840. The van der Waals surface area contributed by atoms with E-state index in [0.717, 1.165) is 34.6 Å². The molecule has 1 saturated carbocycles. The van der Waals surface area contributed by atoms with E-state index >= 15 is 0 Å². The summed E-state index contributed by atoms with van der Waals surface area (Å²) in [6.07, 6.45) is 5.91. The molecule has 1 heterocycles. The molecule has 23 heavy (non-hydrogen) atoms. The molecule has 0 amide bonds. The third-order valence-corrected chi connectivity index (χ3v) is 6.35. The van der Waals surface area contributed by atoms with Crippen molar-refractivity contribution in [2.45, 2.75) is 58.5 Å². The fourth-order valence-electron chi connectivity index (χ4n) is 3.74. The van der Waals surface area contributed by atoms with E-state index in [1.807, 2.05) is 29.3 Å². The van der Waals surface area contributed by atoms with Crippen LogP contribution in [0.4, 0.5) is 5.69 Å². The minimum Gasteiger partial charge on any atom is -0.342 e. The van der Waals surface area contributed by atoms with E-state index in [-0.39, 0.29) is 5.66 Å². The van der Waals surface area contributed by atoms with Gasteiger partial charge in [-0.25, -0.2) is 5.43 Å². The molecule has 1 spiro atoms. The van der Waals surface area contributed by atoms with Crippen LogP contribution in [-0.2, 0) is 0 Å². The molecule has 1 aromatic carbocycles. The lowest BCUT2D eigenvalue weighted by Crippen LogP contribution is -2.54. The van der Waals surface area contributed by atoms with Crippen molar-refractivity contribution in [2.75, 3.05) is 5.01 Å². The minimum absolute atomic E-state index is 0.0863. The number of benzene rings is 1. The molecule has 0 bridgehead atoms. The van der Waals surface area contributed by atoms with Gasteiger partial charge < -0.3 is 5.32 Å². The molecule has 2 fully saturated rings. The molecule has 0 unspecified atom stereocenters. The van der Waals surface area contributed by atoms with Crippen LogP contribution in [-0.4, -0.2) is 10.8 Å². The van der Waals surface area contributed by atoms with Gasteiger partial charge in [-0.2, -0.15) is 0 Å². The summed E-state index contributed by atoms with van der Waals surface area (Å²) in [4.78, 5) is 0. The molecule has 3 rings (SSSR count). The van der Waals surface area contributed by atoms with E-state index in [1.54, 1.807) is 0 Å². The van der Waals surface area contributed by atoms with Crippen LogP contribution >= 0.6 is 23.8 Å². The summed E-state index contributed by atoms with van der Waals surface area (Å²) in [5.74, 6) is 0.792. The molecule has 126 valence electrons. The normalized spacial score (nSPS) is 28.3. The molecule has 1 saturated heterocycles. The van der Waals surface area contributed by atoms with Crippen molar-refractivity contribution in [1.82, 2.24) is 10.7 Å². The molecule has 0 radical (unpaired) electrons. The Morgan fingerprint density at radius 2 is 1.87 bits per heavy atom. The number of halogens is 1. The van der Waals surface area contributed by atoms with E-state index in [0.29, 0.717) is 5.41 Å². The zero-order valence-corrected chi connectivity index (χ0v) is 15.7. The molecule has 1 aliphatic carbocycles. The summed E-state index contributed by atoms with van der Waals surface area (Å²) in [5.41, 5.74) is 4.99. The number of rotatable bonds is 3. The van der Waals surface area contributed by atoms with Crippen molar-refractivity contribution >= 4 is 34.6 Å². The highest BCUT2D eigenvalue weighted by Crippen LogP contribution is 2.43. The molecule has 3 nitrogen and oxygen atoms in total. The third-order valence-electron chi connectivity index (χ3n) is 5.82. The fraction of sp³-hybridized carbons (Fsp3) is 0.611. The number of nitrogens with one attached hydrogen (secondary N) is 2. The summed E-state index contributed by atoms with van der Waals surface area (Å²) in [6, 6.07) is 7.78. The molecule has 1 aromatic rings. The number of thiocarbonyl (C=S) groups is 1. The van der Waals surface area contributed by atoms with Gasteiger partial charge in [0.15, 0.2) is 5.11 Å². The van der Waals surface area contributed by atoms with Gasteiger partial charge in [-0.3, -0.25) is 5.01 Å². The Morgan fingerprint density at radius 1 is 1.26 bits per heavy atom. The quantitative estimate of drug-likeness (QED) is 0.760. The third kappa shape index (κ3) is 3.35. The van der Waals surface area contributed by atoms with E-state index in [9.17, 15) is 0 Å². The van der Waals surface area contributed by atoms with Gasteiger partial charge in [0, 0.05) is 5.02 Å². The first kappa shape index (κ1) is 17.0. The number of anilines is 1. The predicted octanol–water partition coefficient (Wildman–Crippen LogP) is 4.86. The van der Waals surface area contributed by atoms with Gasteiger partial charge in [-0.1, -0.05) is 38.8 Å². The average Bonchev–Trinajstić information content (AvgIpc) is 2.85. The van der Waals surface area contributed by atoms with Gasteiger partial charge in [-0.05, 0) is 73.5 Å². The maximum atomic E-state index is 5.98. The smallest absolute Gasteiger partial charge is 0.189 e. The molecule has 2 N–H and O–H groups in total. The van der Waals surface area contributed by atoms with Gasteiger partial charge >= 0.3 is 0 Å². The predicted molar refractivity (Wildman–Crippen MR) is 102 cm³/mol. The van der Waals surface area contributed by atoms with Crippen molar-refractivity contribution < 1.29 is 0 Å². The topological polar surface area (TPSA) is 27.3 Å². The summed E-state index contributed by atoms with van der Waals surface area (Å²) < 4.78 is 0. The SMILES string of the molecule is CCC(C)(C)C1CCC2(CC1)NC(=S)N(c1ccc(Cl)cc1)N2. The Bertz CT molecular complexity index is 576. The van der Waals surface area contributed by atoms with Crippen molar-refractivity contribution in [1.29, 1.82) is 0 Å². The highest BCUT2D eigenvalue weighted by atomic mass is 35.5. The van der Waals surface area contributed by atoms with Gasteiger partial charge in [-0.15, -0.1) is 0 Å². The number of hydrogen-bond donors (Lipinski definition) is 2. The zero-order valence-electron chi connectivity index (χ0n) is 14.2. The van der Waals surface area contributed by atoms with Crippen LogP contribution < -0.4 is 15.8 Å². The second-order valence-electron chi connectivity index (χ2n) is 7.55. The monoisotopic (exact) mass is 351 g/mol. The Balaban J connectivity index is 1.69. The van der Waals surface area contributed by atoms with Crippen LogP contribution in [0.5, 0.6) is 0 Å². The van der Waals surface area contributed by atoms with Crippen LogP contribution in [0.3, 0.4) is 0 Å². The van der Waals surface area contributed by atoms with Crippen molar-refractivity contribution in [3.63, 3.8) is 0 Å². The Morgan fingerprint density at radius 3 is 2.43 bits per heavy atom. The zero-order chi connectivity index (χ0) is 16.7. The average molecular weight is 352 g/mol. The minimum atomic E-state index is -0.0863. The first-order valence-corrected chi connectivity index (χ1v) is 9.29. The second kappa shape index (κ2) is 6.23. The van der Waals surface area contributed by atoms with Crippen molar-refractivity contribution in [3.8, 4) is 0 Å². The Labute approximate surface area is 149 Å². The molecule has 0 atom stereocenters. The molecular weight excluding hydrogens is 326 g/mol. The van der Waals surface area contributed by atoms with Crippen LogP contribution in [0, 0.1) is 11.3 Å². The molecule has 5 heteroatoms. The van der Waals surface area contributed by atoms with E-state index < -0.39 is 0 Å². The van der Waals surface area contributed by atoms with Crippen LogP contribution in [0.1, 0.15) is 52.9 Å². The lowest BCUT2D eigenvalue weighted by Gasteiger charge is -2.43. The van der Waals surface area contributed by atoms with Crippen LogP contribution in [0.25, 0.3) is 0 Å². The first-order chi connectivity index (χ1) is 10.9. The van der Waals surface area contributed by atoms with Crippen LogP contribution in [0.2, 0.25) is 5.02 Å². The standard InChI is InChI=1S/C18H26ClN3S/c1-4-17(2,3)13-9-11-18(12-10-13)20-16(23)22(21-18)15-7-5-14(19)6-8-15/h5-8,13,21H,4,9-12H2,1-3H3,(H,20,23). The largest absolute Gasteiger partial charge is 0.342 e. The van der Waals surface area contributed by atoms with Gasteiger partial charge in [0.2, 0.25) is 0 Å². The van der Waals surface area contributed by atoms with Crippen LogP contribution in [0.15, 0.2) is 24.3 Å². The second-order valence-corrected chi connectivity index (χ2v) is 8.38. The maximum Gasteiger partial charge on any atom is 0.189 e. The van der Waals surface area contributed by atoms with E-state index in [2.05, 4.69) is 31.5 Å². The summed E-state index contributed by atoms with van der Waals surface area (Å²) in [6.45, 7) is 7.10. The molecule has 2 aliphatic rings. The molecule has 1 aliphatic heterocycles. The Kier molecular flexibility index (Phi) is 4.60. The highest BCUT2D eigenvalue weighted by Gasteiger charge is 2.45.